The van der Waals surface area contributed by atoms with Gasteiger partial charge in [0.05, 0.1) is 0 Å². The first-order valence-electron chi connectivity index (χ1n) is 4.03. The lowest BCUT2D eigenvalue weighted by atomic mass is 10.2. The van der Waals surface area contributed by atoms with Crippen molar-refractivity contribution in [3.05, 3.63) is 35.4 Å². The Morgan fingerprint density at radius 2 is 1.47 bits per heavy atom. The number of nitrogens with zero attached hydrogens (tertiary/aromatic N) is 1. The maximum absolute atomic E-state index is 8.98. The molecule has 4 nitrogen and oxygen atoms in total. The number of aryl methyl sites for hydroxylation is 2. The monoisotopic (exact) mass is 207 g/mol. The highest BCUT2D eigenvalue weighted by atomic mass is 16.1. The van der Waals surface area contributed by atoms with E-state index in [2.05, 4.69) is 43.1 Å². The highest BCUT2D eigenvalue weighted by molar-refractivity contribution is 5.58. The van der Waals surface area contributed by atoms with Crippen LogP contribution in [0.1, 0.15) is 11.1 Å². The number of isocyanates is 1. The SMILES string of the molecule is C=O.Cc1ccc(C)cc1.O=C=NC=O. The lowest BCUT2D eigenvalue weighted by Crippen LogP contribution is -1.70. The number of carbonyl (C=O) groups excluding carboxylic acids is 3. The summed E-state index contributed by atoms with van der Waals surface area (Å²) in [4.78, 5) is 28.3. The van der Waals surface area contributed by atoms with Crippen LogP contribution in [-0.4, -0.2) is 19.3 Å². The number of hydrogen-bond donors (Lipinski definition) is 0. The third-order valence-electron chi connectivity index (χ3n) is 1.32. The van der Waals surface area contributed by atoms with E-state index in [1.165, 1.54) is 11.1 Å². The van der Waals surface area contributed by atoms with Crippen molar-refractivity contribution in [2.45, 2.75) is 13.8 Å². The molecule has 0 aliphatic heterocycles. The van der Waals surface area contributed by atoms with Crippen LogP contribution in [0.25, 0.3) is 0 Å². The van der Waals surface area contributed by atoms with Gasteiger partial charge in [0, 0.05) is 0 Å². The maximum atomic E-state index is 8.98. The predicted octanol–water partition coefficient (Wildman–Crippen LogP) is 1.60. The molecule has 0 atom stereocenters. The van der Waals surface area contributed by atoms with Crippen molar-refractivity contribution in [1.29, 1.82) is 0 Å². The fourth-order valence-corrected chi connectivity index (χ4v) is 0.658. The molecule has 0 fully saturated rings. The van der Waals surface area contributed by atoms with E-state index in [1.807, 2.05) is 6.79 Å². The van der Waals surface area contributed by atoms with Crippen LogP contribution < -0.4 is 0 Å². The van der Waals surface area contributed by atoms with Gasteiger partial charge >= 0.3 is 0 Å². The molecule has 4 heteroatoms. The summed E-state index contributed by atoms with van der Waals surface area (Å²) in [6, 6.07) is 8.48. The van der Waals surface area contributed by atoms with Gasteiger partial charge < -0.3 is 4.79 Å². The Labute approximate surface area is 88.6 Å². The molecular formula is C11H13NO3. The second-order valence-electron chi connectivity index (χ2n) is 2.48. The summed E-state index contributed by atoms with van der Waals surface area (Å²) in [5.74, 6) is 0. The Morgan fingerprint density at radius 3 is 1.60 bits per heavy atom. The molecule has 0 heterocycles. The predicted molar refractivity (Wildman–Crippen MR) is 57.2 cm³/mol. The topological polar surface area (TPSA) is 63.6 Å². The summed E-state index contributed by atoms with van der Waals surface area (Å²) in [6.07, 6.45) is 1.16. The zero-order valence-electron chi connectivity index (χ0n) is 8.77. The average Bonchev–Trinajstić information content (AvgIpc) is 2.27. The molecule has 1 aromatic rings. The van der Waals surface area contributed by atoms with E-state index in [4.69, 9.17) is 14.4 Å². The first kappa shape index (κ1) is 15.4. The van der Waals surface area contributed by atoms with E-state index >= 15 is 0 Å². The minimum atomic E-state index is 0.132. The molecule has 0 saturated heterocycles. The summed E-state index contributed by atoms with van der Waals surface area (Å²) in [5.41, 5.74) is 2.66. The zero-order valence-corrected chi connectivity index (χ0v) is 8.77. The standard InChI is InChI=1S/C8H10.C2HNO2.CH2O/c1-7-3-5-8(2)6-4-7;4-1-3-2-5;1-2/h3-6H,1-2H3;1H;1H2. The number of hydrogen-bond acceptors (Lipinski definition) is 3. The van der Waals surface area contributed by atoms with Crippen LogP contribution >= 0.6 is 0 Å². The molecule has 0 N–H and O–H groups in total. The molecule has 80 valence electrons. The van der Waals surface area contributed by atoms with Gasteiger partial charge in [0.25, 0.3) is 0 Å². The van der Waals surface area contributed by atoms with Gasteiger partial charge in [-0.3, -0.25) is 4.79 Å². The Hall–Kier alpha value is -2.06. The molecule has 0 spiro atoms. The van der Waals surface area contributed by atoms with E-state index in [9.17, 15) is 0 Å². The Morgan fingerprint density at radius 1 is 1.13 bits per heavy atom. The Balaban J connectivity index is 0. The number of aliphatic imine (C=N–C) groups is 1. The zero-order chi connectivity index (χ0) is 12.1. The van der Waals surface area contributed by atoms with Gasteiger partial charge in [-0.25, -0.2) is 4.79 Å². The van der Waals surface area contributed by atoms with Gasteiger partial charge in [0.2, 0.25) is 12.5 Å². The number of amides is 1. The van der Waals surface area contributed by atoms with Crippen molar-refractivity contribution in [3.8, 4) is 0 Å². The summed E-state index contributed by atoms with van der Waals surface area (Å²) in [7, 11) is 0. The fraction of sp³-hybridized carbons (Fsp3) is 0.182. The van der Waals surface area contributed by atoms with Gasteiger partial charge in [0.15, 0.2) is 0 Å². The highest BCUT2D eigenvalue weighted by Gasteiger charge is 1.79. The molecule has 0 unspecified atom stereocenters. The average molecular weight is 207 g/mol. The molecule has 0 aromatic heterocycles. The summed E-state index contributed by atoms with van der Waals surface area (Å²) >= 11 is 0. The number of rotatable bonds is 1. The first-order chi connectivity index (χ1) is 7.20. The molecule has 15 heavy (non-hydrogen) atoms. The van der Waals surface area contributed by atoms with Gasteiger partial charge in [-0.2, -0.15) is 0 Å². The molecule has 0 bridgehead atoms. The molecule has 0 saturated carbocycles. The molecule has 0 radical (unpaired) electrons. The van der Waals surface area contributed by atoms with Crippen LogP contribution in [0.5, 0.6) is 0 Å². The van der Waals surface area contributed by atoms with E-state index in [-0.39, 0.29) is 6.41 Å². The third-order valence-corrected chi connectivity index (χ3v) is 1.32. The fourth-order valence-electron chi connectivity index (χ4n) is 0.658. The molecule has 0 aliphatic carbocycles. The van der Waals surface area contributed by atoms with Crippen molar-refractivity contribution >= 4 is 19.3 Å². The van der Waals surface area contributed by atoms with Crippen LogP contribution in [0, 0.1) is 13.8 Å². The van der Waals surface area contributed by atoms with E-state index in [1.54, 1.807) is 0 Å². The Kier molecular flexibility index (Phi) is 12.3. The normalized spacial score (nSPS) is 6.80. The molecular weight excluding hydrogens is 194 g/mol. The highest BCUT2D eigenvalue weighted by Crippen LogP contribution is 1.99. The third kappa shape index (κ3) is 11.9. The second-order valence-corrected chi connectivity index (χ2v) is 2.48. The summed E-state index contributed by atoms with van der Waals surface area (Å²) in [6.45, 7) is 6.19. The van der Waals surface area contributed by atoms with Gasteiger partial charge in [-0.05, 0) is 13.8 Å². The lowest BCUT2D eigenvalue weighted by Gasteiger charge is -1.90. The maximum Gasteiger partial charge on any atom is 0.243 e. The summed E-state index contributed by atoms with van der Waals surface area (Å²) < 4.78 is 0. The number of benzene rings is 1. The molecule has 1 aromatic carbocycles. The van der Waals surface area contributed by atoms with Gasteiger partial charge in [-0.15, -0.1) is 4.99 Å². The van der Waals surface area contributed by atoms with Crippen molar-refractivity contribution < 1.29 is 14.4 Å². The van der Waals surface area contributed by atoms with Crippen LogP contribution in [0.2, 0.25) is 0 Å². The largest absolute Gasteiger partial charge is 0.307 e. The molecule has 1 amide bonds. The van der Waals surface area contributed by atoms with Crippen LogP contribution in [-0.2, 0) is 14.4 Å². The van der Waals surface area contributed by atoms with Crippen molar-refractivity contribution in [2.75, 3.05) is 0 Å². The van der Waals surface area contributed by atoms with Gasteiger partial charge in [-0.1, -0.05) is 35.4 Å². The minimum Gasteiger partial charge on any atom is -0.307 e. The van der Waals surface area contributed by atoms with Crippen LogP contribution in [0.15, 0.2) is 29.3 Å². The Bertz CT molecular complexity index is 292. The molecule has 1 rings (SSSR count). The van der Waals surface area contributed by atoms with Crippen LogP contribution in [0.3, 0.4) is 0 Å². The van der Waals surface area contributed by atoms with E-state index in [0.29, 0.717) is 0 Å². The second kappa shape index (κ2) is 11.9. The molecule has 0 aliphatic rings. The lowest BCUT2D eigenvalue weighted by molar-refractivity contribution is -0.106. The first-order valence-corrected chi connectivity index (χ1v) is 4.03. The smallest absolute Gasteiger partial charge is 0.243 e. The quantitative estimate of drug-likeness (QED) is 0.399. The van der Waals surface area contributed by atoms with E-state index < -0.39 is 0 Å². The number of carbonyl (C=O) groups is 2. The van der Waals surface area contributed by atoms with Crippen LogP contribution in [0.4, 0.5) is 0 Å². The van der Waals surface area contributed by atoms with Crippen molar-refractivity contribution in [2.24, 2.45) is 4.99 Å². The van der Waals surface area contributed by atoms with Crippen molar-refractivity contribution in [1.82, 2.24) is 0 Å². The van der Waals surface area contributed by atoms with Gasteiger partial charge in [0.1, 0.15) is 6.79 Å². The minimum absolute atomic E-state index is 0.132. The summed E-state index contributed by atoms with van der Waals surface area (Å²) in [5, 5.41) is 0. The van der Waals surface area contributed by atoms with E-state index in [0.717, 1.165) is 6.08 Å². The van der Waals surface area contributed by atoms with Crippen molar-refractivity contribution in [3.63, 3.8) is 0 Å².